The molecule has 2 aromatic carbocycles. The lowest BCUT2D eigenvalue weighted by Gasteiger charge is -2.13. The molecule has 0 aliphatic rings. The zero-order chi connectivity index (χ0) is 17.9. The van der Waals surface area contributed by atoms with Crippen LogP contribution in [0.3, 0.4) is 0 Å². The van der Waals surface area contributed by atoms with Crippen LogP contribution in [0.15, 0.2) is 30.3 Å². The van der Waals surface area contributed by atoms with E-state index in [1.807, 2.05) is 6.92 Å². The van der Waals surface area contributed by atoms with Crippen LogP contribution in [-0.2, 0) is 4.79 Å². The van der Waals surface area contributed by atoms with Crippen molar-refractivity contribution in [3.05, 3.63) is 47.0 Å². The summed E-state index contributed by atoms with van der Waals surface area (Å²) >= 11 is 0. The van der Waals surface area contributed by atoms with Gasteiger partial charge in [0.05, 0.1) is 18.4 Å². The highest BCUT2D eigenvalue weighted by Gasteiger charge is 2.15. The number of carbonyl (C=O) groups excluding carboxylic acids is 2. The minimum atomic E-state index is -0.426. The smallest absolute Gasteiger partial charge is 0.259 e. The van der Waals surface area contributed by atoms with Gasteiger partial charge < -0.3 is 20.5 Å². The van der Waals surface area contributed by atoms with Crippen molar-refractivity contribution in [2.45, 2.75) is 20.8 Å². The Kier molecular flexibility index (Phi) is 5.08. The van der Waals surface area contributed by atoms with Crippen molar-refractivity contribution in [2.75, 3.05) is 17.7 Å². The molecule has 2 amide bonds. The van der Waals surface area contributed by atoms with E-state index < -0.39 is 5.91 Å². The van der Waals surface area contributed by atoms with Crippen LogP contribution in [0.4, 0.5) is 11.4 Å². The van der Waals surface area contributed by atoms with Gasteiger partial charge in [0.15, 0.2) is 0 Å². The van der Waals surface area contributed by atoms with Crippen LogP contribution in [0.25, 0.3) is 0 Å². The third-order valence-electron chi connectivity index (χ3n) is 3.72. The molecule has 3 N–H and O–H groups in total. The number of carbonyl (C=O) groups is 2. The molecule has 0 fully saturated rings. The van der Waals surface area contributed by atoms with E-state index >= 15 is 0 Å². The van der Waals surface area contributed by atoms with E-state index in [1.54, 1.807) is 37.3 Å². The second-order valence-electron chi connectivity index (χ2n) is 5.45. The number of nitrogens with one attached hydrogen (secondary N) is 2. The zero-order valence-corrected chi connectivity index (χ0v) is 14.1. The molecule has 0 unspecified atom stereocenters. The number of rotatable bonds is 4. The first-order chi connectivity index (χ1) is 11.3. The van der Waals surface area contributed by atoms with Gasteiger partial charge in [0.2, 0.25) is 5.91 Å². The highest BCUT2D eigenvalue weighted by Crippen LogP contribution is 2.29. The maximum atomic E-state index is 12.4. The number of phenolic OH excluding ortho intramolecular Hbond substituents is 1. The molecule has 24 heavy (non-hydrogen) atoms. The maximum absolute atomic E-state index is 12.4. The number of methoxy groups -OCH3 is 1. The molecule has 0 bridgehead atoms. The fourth-order valence-electron chi connectivity index (χ4n) is 2.24. The summed E-state index contributed by atoms with van der Waals surface area (Å²) in [6.45, 7) is 5.02. The van der Waals surface area contributed by atoms with Crippen molar-refractivity contribution in [1.82, 2.24) is 0 Å². The normalized spacial score (nSPS) is 10.2. The fraction of sp³-hybridized carbons (Fsp3) is 0.222. The van der Waals surface area contributed by atoms with Gasteiger partial charge in [-0.15, -0.1) is 0 Å². The van der Waals surface area contributed by atoms with Crippen LogP contribution >= 0.6 is 0 Å². The summed E-state index contributed by atoms with van der Waals surface area (Å²) in [7, 11) is 1.47. The molecule has 6 heteroatoms. The van der Waals surface area contributed by atoms with E-state index in [-0.39, 0.29) is 17.2 Å². The number of hydrogen-bond acceptors (Lipinski definition) is 4. The van der Waals surface area contributed by atoms with Crippen LogP contribution in [-0.4, -0.2) is 24.0 Å². The quantitative estimate of drug-likeness (QED) is 0.804. The van der Waals surface area contributed by atoms with Crippen molar-refractivity contribution in [3.8, 4) is 11.5 Å². The van der Waals surface area contributed by atoms with Gasteiger partial charge in [-0.25, -0.2) is 0 Å². The lowest BCUT2D eigenvalue weighted by atomic mass is 10.0. The third-order valence-corrected chi connectivity index (χ3v) is 3.72. The number of hydrogen-bond donors (Lipinski definition) is 3. The predicted octanol–water partition coefficient (Wildman–Crippen LogP) is 3.23. The predicted molar refractivity (Wildman–Crippen MR) is 92.8 cm³/mol. The van der Waals surface area contributed by atoms with Crippen molar-refractivity contribution in [3.63, 3.8) is 0 Å². The number of aryl methyl sites for hydroxylation is 1. The molecule has 0 heterocycles. The first-order valence-electron chi connectivity index (χ1n) is 7.39. The topological polar surface area (TPSA) is 87.7 Å². The van der Waals surface area contributed by atoms with Gasteiger partial charge in [-0.1, -0.05) is 6.07 Å². The summed E-state index contributed by atoms with van der Waals surface area (Å²) in [4.78, 5) is 23.5. The first-order valence-corrected chi connectivity index (χ1v) is 7.39. The Hall–Kier alpha value is -3.02. The van der Waals surface area contributed by atoms with Crippen molar-refractivity contribution < 1.29 is 19.4 Å². The van der Waals surface area contributed by atoms with E-state index in [0.717, 1.165) is 5.56 Å². The molecule has 0 aliphatic carbocycles. The van der Waals surface area contributed by atoms with Gasteiger partial charge in [0.1, 0.15) is 11.5 Å². The summed E-state index contributed by atoms with van der Waals surface area (Å²) < 4.78 is 5.22. The summed E-state index contributed by atoms with van der Waals surface area (Å²) in [6, 6.07) is 8.24. The number of phenols is 1. The van der Waals surface area contributed by atoms with E-state index in [2.05, 4.69) is 10.6 Å². The lowest BCUT2D eigenvalue weighted by Crippen LogP contribution is -2.13. The molecule has 0 saturated carbocycles. The molecule has 0 atom stereocenters. The first kappa shape index (κ1) is 17.3. The Morgan fingerprint density at radius 1 is 1.08 bits per heavy atom. The minimum Gasteiger partial charge on any atom is -0.507 e. The summed E-state index contributed by atoms with van der Waals surface area (Å²) in [6.07, 6.45) is 0. The highest BCUT2D eigenvalue weighted by atomic mass is 16.5. The van der Waals surface area contributed by atoms with Crippen molar-refractivity contribution in [2.24, 2.45) is 0 Å². The van der Waals surface area contributed by atoms with Crippen LogP contribution < -0.4 is 15.4 Å². The van der Waals surface area contributed by atoms with Gasteiger partial charge in [0.25, 0.3) is 5.91 Å². The van der Waals surface area contributed by atoms with E-state index in [0.29, 0.717) is 22.7 Å². The molecule has 0 aliphatic heterocycles. The standard InChI is InChI=1S/C18H20N2O4/c1-10-5-7-14(17(22)11(10)2)18(23)20-13-6-8-15(19-12(3)21)16(9-13)24-4/h5-9,22H,1-4H3,(H,19,21)(H,20,23). The van der Waals surface area contributed by atoms with Crippen LogP contribution in [0.1, 0.15) is 28.4 Å². The Labute approximate surface area is 140 Å². The molecule has 0 radical (unpaired) electrons. The molecular weight excluding hydrogens is 308 g/mol. The van der Waals surface area contributed by atoms with Gasteiger partial charge >= 0.3 is 0 Å². The zero-order valence-electron chi connectivity index (χ0n) is 14.1. The van der Waals surface area contributed by atoms with Crippen molar-refractivity contribution >= 4 is 23.2 Å². The Morgan fingerprint density at radius 2 is 1.79 bits per heavy atom. The SMILES string of the molecule is COc1cc(NC(=O)c2ccc(C)c(C)c2O)ccc1NC(C)=O. The molecule has 0 aromatic heterocycles. The van der Waals surface area contributed by atoms with Gasteiger partial charge in [-0.3, -0.25) is 9.59 Å². The largest absolute Gasteiger partial charge is 0.507 e. The molecule has 0 spiro atoms. The lowest BCUT2D eigenvalue weighted by molar-refractivity contribution is -0.114. The summed E-state index contributed by atoms with van der Waals surface area (Å²) in [5.74, 6) is -0.253. The van der Waals surface area contributed by atoms with Gasteiger partial charge in [-0.05, 0) is 43.2 Å². The molecule has 6 nitrogen and oxygen atoms in total. The van der Waals surface area contributed by atoms with Crippen molar-refractivity contribution in [1.29, 1.82) is 0 Å². The number of benzene rings is 2. The van der Waals surface area contributed by atoms with E-state index in [4.69, 9.17) is 4.74 Å². The number of ether oxygens (including phenoxy) is 1. The molecular formula is C18H20N2O4. The van der Waals surface area contributed by atoms with Crippen LogP contribution in [0.2, 0.25) is 0 Å². The summed E-state index contributed by atoms with van der Waals surface area (Å²) in [5, 5.41) is 15.5. The van der Waals surface area contributed by atoms with Crippen LogP contribution in [0.5, 0.6) is 11.5 Å². The maximum Gasteiger partial charge on any atom is 0.259 e. The van der Waals surface area contributed by atoms with E-state index in [9.17, 15) is 14.7 Å². The fourth-order valence-corrected chi connectivity index (χ4v) is 2.24. The second kappa shape index (κ2) is 7.04. The Balaban J connectivity index is 2.26. The average Bonchev–Trinajstić information content (AvgIpc) is 2.53. The van der Waals surface area contributed by atoms with Crippen LogP contribution in [0, 0.1) is 13.8 Å². The number of anilines is 2. The Bertz CT molecular complexity index is 800. The number of aromatic hydroxyl groups is 1. The van der Waals surface area contributed by atoms with Gasteiger partial charge in [-0.2, -0.15) is 0 Å². The molecule has 0 saturated heterocycles. The Morgan fingerprint density at radius 3 is 2.42 bits per heavy atom. The minimum absolute atomic E-state index is 0.0330. The molecule has 2 aromatic rings. The second-order valence-corrected chi connectivity index (χ2v) is 5.45. The average molecular weight is 328 g/mol. The van der Waals surface area contributed by atoms with Gasteiger partial charge in [0, 0.05) is 18.7 Å². The summed E-state index contributed by atoms with van der Waals surface area (Å²) in [5.41, 5.74) is 2.77. The highest BCUT2D eigenvalue weighted by molar-refractivity contribution is 6.06. The third kappa shape index (κ3) is 3.65. The number of amides is 2. The molecule has 126 valence electrons. The van der Waals surface area contributed by atoms with E-state index in [1.165, 1.54) is 14.0 Å². The molecule has 2 rings (SSSR count). The monoisotopic (exact) mass is 328 g/mol.